The second-order valence-corrected chi connectivity index (χ2v) is 16.5. The zero-order valence-electron chi connectivity index (χ0n) is 23.0. The predicted octanol–water partition coefficient (Wildman–Crippen LogP) is 4.17. The van der Waals surface area contributed by atoms with E-state index in [-0.39, 0.29) is 9.79 Å². The molecule has 2 atom stereocenters. The van der Waals surface area contributed by atoms with Crippen LogP contribution in [0.5, 0.6) is 0 Å². The van der Waals surface area contributed by atoms with Gasteiger partial charge in [0.25, 0.3) is 0 Å². The van der Waals surface area contributed by atoms with Crippen molar-refractivity contribution in [1.29, 1.82) is 0 Å². The summed E-state index contributed by atoms with van der Waals surface area (Å²) in [5, 5.41) is 16.4. The summed E-state index contributed by atoms with van der Waals surface area (Å²) in [5.74, 6) is -2.09. The van der Waals surface area contributed by atoms with Gasteiger partial charge in [0.2, 0.25) is 20.0 Å². The Labute approximate surface area is 244 Å². The third kappa shape index (κ3) is 7.85. The second-order valence-electron chi connectivity index (χ2n) is 8.71. The molecule has 6 N–H and O–H groups in total. The number of nitrogens with two attached hydrogens (primary N) is 2. The van der Waals surface area contributed by atoms with E-state index in [2.05, 4.69) is 10.6 Å². The zero-order chi connectivity index (χ0) is 31.3. The van der Waals surface area contributed by atoms with Crippen molar-refractivity contribution in [3.63, 3.8) is 0 Å². The maximum Gasteiger partial charge on any atom is 0.356 e. The highest BCUT2D eigenvalue weighted by Gasteiger charge is 2.38. The van der Waals surface area contributed by atoms with Gasteiger partial charge in [-0.25, -0.2) is 27.1 Å². The highest BCUT2D eigenvalue weighted by atomic mass is 32.2. The van der Waals surface area contributed by atoms with Gasteiger partial charge < -0.3 is 28.7 Å². The molecule has 0 fully saturated rings. The number of sulfonamides is 2. The Morgan fingerprint density at radius 3 is 1.02 bits per heavy atom. The molecule has 3 rings (SSSR count). The molecule has 14 nitrogen and oxygen atoms in total. The van der Waals surface area contributed by atoms with Gasteiger partial charge in [0.15, 0.2) is 11.6 Å². The van der Waals surface area contributed by atoms with Gasteiger partial charge in [0.1, 0.15) is 0 Å². The molecule has 0 amide bonds. The normalized spacial score (nSPS) is 14.2. The van der Waals surface area contributed by atoms with E-state index < -0.39 is 46.8 Å². The Balaban J connectivity index is 2.00. The quantitative estimate of drug-likeness (QED) is 0.179. The average molecular weight is 663 g/mol. The summed E-state index contributed by atoms with van der Waals surface area (Å²) >= 11 is 0. The number of anilines is 2. The lowest BCUT2D eigenvalue weighted by atomic mass is 10.1. The molecule has 42 heavy (non-hydrogen) atoms. The van der Waals surface area contributed by atoms with Crippen molar-refractivity contribution in [3.05, 3.63) is 83.9 Å². The summed E-state index contributed by atoms with van der Waals surface area (Å²) < 4.78 is 94.4. The van der Waals surface area contributed by atoms with Gasteiger partial charge >= 0.3 is 15.2 Å². The zero-order valence-corrected chi connectivity index (χ0v) is 26.5. The maximum atomic E-state index is 13.5. The lowest BCUT2D eigenvalue weighted by Gasteiger charge is -2.28. The topological polar surface area (TPSA) is 215 Å². The van der Waals surface area contributed by atoms with Crippen molar-refractivity contribution >= 4 is 46.6 Å². The standard InChI is InChI=1S/C24H32N4O10P2S2/c1-35-39(29,36-2)23(27-19-9-13-21(14-10-19)41(25,31)32)17-5-7-18(8-6-17)24(40(30,37-3)38-4)28-20-11-15-22(16-12-20)42(26,33)34/h5-16,23-24,27-28H,1-4H3,(H2,25,31,32)(H2,26,33,34)/t23-,24-/m0/s1. The Hall–Kier alpha value is -2.62. The molecule has 0 aromatic heterocycles. The average Bonchev–Trinajstić information content (AvgIpc) is 2.97. The first-order valence-corrected chi connectivity index (χ1v) is 18.2. The van der Waals surface area contributed by atoms with Crippen molar-refractivity contribution < 1.29 is 44.1 Å². The van der Waals surface area contributed by atoms with E-state index in [0.29, 0.717) is 22.5 Å². The molecule has 0 saturated heterocycles. The number of hydrogen-bond donors (Lipinski definition) is 4. The highest BCUT2D eigenvalue weighted by Crippen LogP contribution is 2.61. The fraction of sp³-hybridized carbons (Fsp3) is 0.250. The predicted molar refractivity (Wildman–Crippen MR) is 158 cm³/mol. The fourth-order valence-electron chi connectivity index (χ4n) is 3.92. The summed E-state index contributed by atoms with van der Waals surface area (Å²) in [6.07, 6.45) is 0. The Kier molecular flexibility index (Phi) is 10.8. The molecule has 0 aliphatic carbocycles. The number of benzene rings is 3. The lowest BCUT2D eigenvalue weighted by Crippen LogP contribution is -2.16. The van der Waals surface area contributed by atoms with Crippen LogP contribution in [-0.2, 0) is 47.3 Å². The molecule has 0 spiro atoms. The largest absolute Gasteiger partial charge is 0.368 e. The Bertz CT molecular complexity index is 1540. The molecular weight excluding hydrogens is 630 g/mol. The smallest absolute Gasteiger partial charge is 0.356 e. The minimum Gasteiger partial charge on any atom is -0.368 e. The first kappa shape index (κ1) is 33.9. The van der Waals surface area contributed by atoms with E-state index in [0.717, 1.165) is 0 Å². The van der Waals surface area contributed by atoms with Crippen LogP contribution in [0.3, 0.4) is 0 Å². The van der Waals surface area contributed by atoms with Gasteiger partial charge in [-0.3, -0.25) is 9.13 Å². The van der Waals surface area contributed by atoms with Gasteiger partial charge in [-0.1, -0.05) is 24.3 Å². The minimum atomic E-state index is -3.91. The van der Waals surface area contributed by atoms with Crippen LogP contribution in [0.1, 0.15) is 22.7 Å². The molecule has 0 radical (unpaired) electrons. The second kappa shape index (κ2) is 13.3. The van der Waals surface area contributed by atoms with Crippen LogP contribution in [0.15, 0.2) is 82.6 Å². The molecule has 230 valence electrons. The van der Waals surface area contributed by atoms with Crippen LogP contribution in [0.2, 0.25) is 0 Å². The molecule has 0 aliphatic rings. The van der Waals surface area contributed by atoms with Crippen LogP contribution in [0.25, 0.3) is 0 Å². The first-order valence-electron chi connectivity index (χ1n) is 11.9. The number of hydrogen-bond acceptors (Lipinski definition) is 12. The molecule has 0 unspecified atom stereocenters. The molecule has 0 saturated carbocycles. The molecular formula is C24H32N4O10P2S2. The van der Waals surface area contributed by atoms with E-state index in [4.69, 9.17) is 28.4 Å². The van der Waals surface area contributed by atoms with Crippen molar-refractivity contribution in [2.24, 2.45) is 10.3 Å². The van der Waals surface area contributed by atoms with Gasteiger partial charge in [-0.05, 0) is 59.7 Å². The molecule has 0 heterocycles. The number of rotatable bonds is 14. The van der Waals surface area contributed by atoms with E-state index in [1.54, 1.807) is 24.3 Å². The first-order chi connectivity index (χ1) is 19.6. The molecule has 3 aromatic rings. The monoisotopic (exact) mass is 662 g/mol. The molecule has 18 heteroatoms. The van der Waals surface area contributed by atoms with Crippen molar-refractivity contribution in [2.75, 3.05) is 39.1 Å². The van der Waals surface area contributed by atoms with Crippen molar-refractivity contribution in [2.45, 2.75) is 21.4 Å². The third-order valence-electron chi connectivity index (χ3n) is 6.19. The SMILES string of the molecule is COP(=O)(OC)[C@H](Nc1ccc(S(N)(=O)=O)cc1)c1ccc([C@@H](Nc2ccc(S(N)(=O)=O)cc2)P(=O)(OC)OC)cc1. The van der Waals surface area contributed by atoms with Gasteiger partial charge in [-0.15, -0.1) is 0 Å². The van der Waals surface area contributed by atoms with Crippen molar-refractivity contribution in [1.82, 2.24) is 0 Å². The summed E-state index contributed by atoms with van der Waals surface area (Å²) in [5.41, 5.74) is 1.69. The van der Waals surface area contributed by atoms with Crippen molar-refractivity contribution in [3.8, 4) is 0 Å². The Morgan fingerprint density at radius 2 is 0.810 bits per heavy atom. The number of primary sulfonamides is 2. The van der Waals surface area contributed by atoms with E-state index >= 15 is 0 Å². The fourth-order valence-corrected chi connectivity index (χ4v) is 7.78. The lowest BCUT2D eigenvalue weighted by molar-refractivity contribution is 0.267. The van der Waals surface area contributed by atoms with Crippen LogP contribution in [-0.4, -0.2) is 45.3 Å². The Morgan fingerprint density at radius 1 is 0.548 bits per heavy atom. The van der Waals surface area contributed by atoms with E-state index in [9.17, 15) is 26.0 Å². The van der Waals surface area contributed by atoms with Crippen LogP contribution in [0.4, 0.5) is 11.4 Å². The maximum absolute atomic E-state index is 13.5. The minimum absolute atomic E-state index is 0.103. The summed E-state index contributed by atoms with van der Waals surface area (Å²) in [6, 6.07) is 17.4. The summed E-state index contributed by atoms with van der Waals surface area (Å²) in [6.45, 7) is 0. The van der Waals surface area contributed by atoms with Gasteiger partial charge in [0.05, 0.1) is 9.79 Å². The van der Waals surface area contributed by atoms with Gasteiger partial charge in [-0.2, -0.15) is 0 Å². The van der Waals surface area contributed by atoms with Gasteiger partial charge in [0, 0.05) is 39.8 Å². The molecule has 0 aliphatic heterocycles. The summed E-state index contributed by atoms with van der Waals surface area (Å²) in [7, 11) is -10.5. The molecule has 3 aromatic carbocycles. The molecule has 0 bridgehead atoms. The third-order valence-corrected chi connectivity index (χ3v) is 12.2. The highest BCUT2D eigenvalue weighted by molar-refractivity contribution is 7.89. The van der Waals surface area contributed by atoms with Crippen LogP contribution < -0.4 is 20.9 Å². The summed E-state index contributed by atoms with van der Waals surface area (Å²) in [4.78, 5) is -0.205. The van der Waals surface area contributed by atoms with E-state index in [1.807, 2.05) is 0 Å². The number of nitrogens with one attached hydrogen (secondary N) is 2. The van der Waals surface area contributed by atoms with Crippen LogP contribution >= 0.6 is 15.2 Å². The van der Waals surface area contributed by atoms with Crippen LogP contribution in [0, 0.1) is 0 Å². The van der Waals surface area contributed by atoms with E-state index in [1.165, 1.54) is 77.0 Å².